The van der Waals surface area contributed by atoms with Gasteiger partial charge < -0.3 is 5.43 Å². The van der Waals surface area contributed by atoms with Gasteiger partial charge in [-0.3, -0.25) is 5.10 Å². The molecule has 21 heavy (non-hydrogen) atoms. The van der Waals surface area contributed by atoms with Crippen molar-refractivity contribution in [1.29, 1.82) is 0 Å². The van der Waals surface area contributed by atoms with Gasteiger partial charge in [0.25, 0.3) is 0 Å². The number of nitrogens with zero attached hydrogens (tertiary/aromatic N) is 1. The molecular weight excluding hydrogens is 309 g/mol. The van der Waals surface area contributed by atoms with Crippen molar-refractivity contribution < 1.29 is 21.6 Å². The lowest BCUT2D eigenvalue weighted by Crippen LogP contribution is -2.16. The molecule has 0 spiro atoms. The SMILES string of the molecule is Cc1ccc(S(=O)(=O)c2c(NN)n[nH]c2C(F)(F)F)cc1. The number of aryl methyl sites for hydroxylation is 1. The molecule has 0 radical (unpaired) electrons. The number of hydrogen-bond donors (Lipinski definition) is 3. The van der Waals surface area contributed by atoms with Crippen molar-refractivity contribution in [3.63, 3.8) is 0 Å². The van der Waals surface area contributed by atoms with Crippen LogP contribution in [0.1, 0.15) is 11.3 Å². The highest BCUT2D eigenvalue weighted by Crippen LogP contribution is 2.38. The van der Waals surface area contributed by atoms with Gasteiger partial charge in [0.05, 0.1) is 4.90 Å². The van der Waals surface area contributed by atoms with E-state index in [-0.39, 0.29) is 4.90 Å². The molecule has 10 heteroatoms. The fraction of sp³-hybridized carbons (Fsp3) is 0.182. The van der Waals surface area contributed by atoms with Crippen molar-refractivity contribution in [2.45, 2.75) is 22.9 Å². The molecule has 0 bridgehead atoms. The number of H-pyrrole nitrogens is 1. The molecule has 1 aromatic carbocycles. The molecule has 0 unspecified atom stereocenters. The minimum Gasteiger partial charge on any atom is -0.306 e. The number of hydrazine groups is 1. The Balaban J connectivity index is 2.70. The van der Waals surface area contributed by atoms with Gasteiger partial charge in [-0.05, 0) is 19.1 Å². The Bertz CT molecular complexity index is 751. The van der Waals surface area contributed by atoms with Crippen molar-refractivity contribution in [3.8, 4) is 0 Å². The Morgan fingerprint density at radius 1 is 1.24 bits per heavy atom. The van der Waals surface area contributed by atoms with E-state index in [0.29, 0.717) is 0 Å². The van der Waals surface area contributed by atoms with E-state index in [0.717, 1.165) is 5.56 Å². The zero-order valence-electron chi connectivity index (χ0n) is 10.7. The summed E-state index contributed by atoms with van der Waals surface area (Å²) in [6.07, 6.45) is -4.91. The number of sulfone groups is 1. The van der Waals surface area contributed by atoms with Gasteiger partial charge in [-0.25, -0.2) is 14.3 Å². The highest BCUT2D eigenvalue weighted by Gasteiger charge is 2.42. The number of benzene rings is 1. The molecule has 0 aliphatic carbocycles. The molecule has 2 aromatic rings. The molecule has 0 fully saturated rings. The number of nitrogens with two attached hydrogens (primary N) is 1. The van der Waals surface area contributed by atoms with Crippen LogP contribution in [0.25, 0.3) is 0 Å². The monoisotopic (exact) mass is 320 g/mol. The largest absolute Gasteiger partial charge is 0.434 e. The minimum absolute atomic E-state index is 0.281. The minimum atomic E-state index is -4.91. The maximum atomic E-state index is 12.9. The van der Waals surface area contributed by atoms with Crippen LogP contribution in [0, 0.1) is 6.92 Å². The highest BCUT2D eigenvalue weighted by atomic mass is 32.2. The topological polar surface area (TPSA) is 101 Å². The Morgan fingerprint density at radius 3 is 2.29 bits per heavy atom. The zero-order chi connectivity index (χ0) is 15.8. The molecule has 0 saturated carbocycles. The smallest absolute Gasteiger partial charge is 0.306 e. The average molecular weight is 320 g/mol. The number of anilines is 1. The maximum absolute atomic E-state index is 12.9. The first-order valence-corrected chi connectivity index (χ1v) is 7.10. The van der Waals surface area contributed by atoms with Crippen LogP contribution < -0.4 is 11.3 Å². The van der Waals surface area contributed by atoms with Gasteiger partial charge >= 0.3 is 6.18 Å². The highest BCUT2D eigenvalue weighted by molar-refractivity contribution is 7.91. The van der Waals surface area contributed by atoms with Gasteiger partial charge in [0.1, 0.15) is 4.90 Å². The number of hydrogen-bond acceptors (Lipinski definition) is 5. The number of nitrogens with one attached hydrogen (secondary N) is 2. The molecule has 0 saturated heterocycles. The number of halogens is 3. The fourth-order valence-corrected chi connectivity index (χ4v) is 3.24. The standard InChI is InChI=1S/C11H11F3N4O2S/c1-6-2-4-7(5-3-6)21(19,20)8-9(11(12,13)14)17-18-10(8)16-15/h2-5H,15H2,1H3,(H2,16,17,18). The third kappa shape index (κ3) is 2.72. The third-order valence-electron chi connectivity index (χ3n) is 2.74. The molecule has 4 N–H and O–H groups in total. The summed E-state index contributed by atoms with van der Waals surface area (Å²) < 4.78 is 63.5. The van der Waals surface area contributed by atoms with Crippen LogP contribution in [0.2, 0.25) is 0 Å². The van der Waals surface area contributed by atoms with Crippen molar-refractivity contribution in [2.24, 2.45) is 5.84 Å². The second-order valence-corrected chi connectivity index (χ2v) is 6.12. The van der Waals surface area contributed by atoms with Crippen LogP contribution in [0.5, 0.6) is 0 Å². The normalized spacial score (nSPS) is 12.4. The van der Waals surface area contributed by atoms with E-state index in [1.165, 1.54) is 24.3 Å². The summed E-state index contributed by atoms with van der Waals surface area (Å²) in [5, 5.41) is 4.91. The van der Waals surface area contributed by atoms with Crippen LogP contribution in [0.3, 0.4) is 0 Å². The second-order valence-electron chi connectivity index (χ2n) is 4.23. The first kappa shape index (κ1) is 15.3. The summed E-state index contributed by atoms with van der Waals surface area (Å²) in [4.78, 5) is -1.31. The van der Waals surface area contributed by atoms with E-state index >= 15 is 0 Å². The molecule has 6 nitrogen and oxygen atoms in total. The lowest BCUT2D eigenvalue weighted by Gasteiger charge is -2.09. The first-order valence-electron chi connectivity index (χ1n) is 5.62. The van der Waals surface area contributed by atoms with Gasteiger partial charge in [0, 0.05) is 0 Å². The molecule has 0 amide bonds. The predicted octanol–water partition coefficient (Wildman–Crippen LogP) is 1.86. The second kappa shape index (κ2) is 5.04. The van der Waals surface area contributed by atoms with Gasteiger partial charge in [0.15, 0.2) is 11.5 Å². The van der Waals surface area contributed by atoms with E-state index in [1.54, 1.807) is 12.0 Å². The third-order valence-corrected chi connectivity index (χ3v) is 4.57. The van der Waals surface area contributed by atoms with E-state index in [9.17, 15) is 21.6 Å². The number of aromatic amines is 1. The summed E-state index contributed by atoms with van der Waals surface area (Å²) in [6, 6.07) is 5.40. The molecule has 1 heterocycles. The van der Waals surface area contributed by atoms with E-state index < -0.39 is 32.4 Å². The fourth-order valence-electron chi connectivity index (χ4n) is 1.72. The first-order chi connectivity index (χ1) is 9.67. The van der Waals surface area contributed by atoms with Crippen LogP contribution in [-0.2, 0) is 16.0 Å². The van der Waals surface area contributed by atoms with E-state index in [2.05, 4.69) is 5.10 Å². The van der Waals surface area contributed by atoms with Crippen LogP contribution in [0.4, 0.5) is 19.0 Å². The average Bonchev–Trinajstić information content (AvgIpc) is 2.83. The molecule has 0 aliphatic heterocycles. The molecular formula is C11H11F3N4O2S. The zero-order valence-corrected chi connectivity index (χ0v) is 11.5. The Kier molecular flexibility index (Phi) is 3.68. The van der Waals surface area contributed by atoms with Gasteiger partial charge in [0.2, 0.25) is 9.84 Å². The number of nitrogen functional groups attached to an aromatic ring is 1. The Morgan fingerprint density at radius 2 is 1.81 bits per heavy atom. The molecule has 2 rings (SSSR count). The molecule has 114 valence electrons. The van der Waals surface area contributed by atoms with Gasteiger partial charge in [-0.1, -0.05) is 17.7 Å². The van der Waals surface area contributed by atoms with E-state index in [4.69, 9.17) is 5.84 Å². The van der Waals surface area contributed by atoms with Crippen molar-refractivity contribution in [1.82, 2.24) is 10.2 Å². The maximum Gasteiger partial charge on any atom is 0.434 e. The van der Waals surface area contributed by atoms with Crippen LogP contribution in [-0.4, -0.2) is 18.6 Å². The summed E-state index contributed by atoms with van der Waals surface area (Å²) in [7, 11) is -4.43. The summed E-state index contributed by atoms with van der Waals surface area (Å²) in [5.74, 6) is 4.45. The lowest BCUT2D eigenvalue weighted by molar-refractivity contribution is -0.143. The van der Waals surface area contributed by atoms with Gasteiger partial charge in [-0.15, -0.1) is 0 Å². The number of alkyl halides is 3. The number of aromatic nitrogens is 2. The van der Waals surface area contributed by atoms with Crippen molar-refractivity contribution >= 4 is 15.7 Å². The van der Waals surface area contributed by atoms with Crippen molar-refractivity contribution in [2.75, 3.05) is 5.43 Å². The van der Waals surface area contributed by atoms with Crippen LogP contribution >= 0.6 is 0 Å². The van der Waals surface area contributed by atoms with Crippen LogP contribution in [0.15, 0.2) is 34.1 Å². The van der Waals surface area contributed by atoms with E-state index in [1.807, 2.05) is 5.43 Å². The van der Waals surface area contributed by atoms with Gasteiger partial charge in [-0.2, -0.15) is 18.3 Å². The predicted molar refractivity (Wildman–Crippen MR) is 68.0 cm³/mol. The Labute approximate surface area is 118 Å². The molecule has 0 atom stereocenters. The summed E-state index contributed by atoms with van der Waals surface area (Å²) in [5.41, 5.74) is 1.15. The molecule has 0 aliphatic rings. The molecule has 1 aromatic heterocycles. The Hall–Kier alpha value is -2.07. The number of rotatable bonds is 3. The summed E-state index contributed by atoms with van der Waals surface area (Å²) in [6.45, 7) is 1.72. The quantitative estimate of drug-likeness (QED) is 0.592. The lowest BCUT2D eigenvalue weighted by atomic mass is 10.2. The summed E-state index contributed by atoms with van der Waals surface area (Å²) >= 11 is 0. The van der Waals surface area contributed by atoms with Crippen molar-refractivity contribution in [3.05, 3.63) is 35.5 Å².